The Kier molecular flexibility index (Phi) is 13.5. The summed E-state index contributed by atoms with van der Waals surface area (Å²) >= 11 is 1.85. The maximum absolute atomic E-state index is 13.2. The number of rotatable bonds is 14. The highest BCUT2D eigenvalue weighted by Crippen LogP contribution is 2.25. The fraction of sp³-hybridized carbons (Fsp3) is 0.294. The molecule has 17 nitrogen and oxygen atoms in total. The summed E-state index contributed by atoms with van der Waals surface area (Å²) in [7, 11) is -7.74. The molecule has 2 aliphatic rings. The fourth-order valence-electron chi connectivity index (χ4n) is 5.13. The topological polar surface area (TPSA) is 212 Å². The monoisotopic (exact) mass is 846 g/mol. The van der Waals surface area contributed by atoms with E-state index in [1.54, 1.807) is 21.9 Å². The molecule has 0 unspecified atom stereocenters. The predicted molar refractivity (Wildman–Crippen MR) is 203 cm³/mol. The summed E-state index contributed by atoms with van der Waals surface area (Å²) in [6, 6.07) is 20.0. The van der Waals surface area contributed by atoms with E-state index in [1.807, 2.05) is 30.3 Å². The highest BCUT2D eigenvalue weighted by Gasteiger charge is 2.22. The van der Waals surface area contributed by atoms with E-state index in [1.165, 1.54) is 24.3 Å². The molecule has 56 heavy (non-hydrogen) atoms. The van der Waals surface area contributed by atoms with Gasteiger partial charge in [-0.2, -0.15) is 8.75 Å². The van der Waals surface area contributed by atoms with Crippen LogP contribution in [-0.2, 0) is 52.0 Å². The number of amides is 2. The van der Waals surface area contributed by atoms with E-state index < -0.39 is 25.9 Å². The van der Waals surface area contributed by atoms with Gasteiger partial charge in [0.05, 0.1) is 23.0 Å². The predicted octanol–water partition coefficient (Wildman–Crippen LogP) is 3.41. The van der Waals surface area contributed by atoms with Gasteiger partial charge in [-0.25, -0.2) is 31.2 Å². The Bertz CT molecular complexity index is 2330. The number of anilines is 2. The van der Waals surface area contributed by atoms with Gasteiger partial charge in [-0.05, 0) is 54.6 Å². The molecule has 5 aromatic rings. The van der Waals surface area contributed by atoms with Crippen LogP contribution in [-0.4, -0.2) is 110 Å². The van der Waals surface area contributed by atoms with Crippen molar-refractivity contribution in [1.82, 2.24) is 28.5 Å². The van der Waals surface area contributed by atoms with Crippen LogP contribution in [0.15, 0.2) is 88.7 Å². The number of nitrogens with zero attached hydrogens (tertiary/aromatic N) is 6. The van der Waals surface area contributed by atoms with E-state index in [0.717, 1.165) is 35.2 Å². The Balaban J connectivity index is 0.000000194. The number of hydrogen-bond donors (Lipinski definition) is 2. The number of benzene rings is 3. The van der Waals surface area contributed by atoms with Gasteiger partial charge in [-0.1, -0.05) is 24.3 Å². The molecule has 7 rings (SSSR count). The zero-order valence-electron chi connectivity index (χ0n) is 29.4. The van der Waals surface area contributed by atoms with Gasteiger partial charge >= 0.3 is 0 Å². The van der Waals surface area contributed by atoms with Crippen molar-refractivity contribution in [2.75, 3.05) is 62.1 Å². The molecule has 3 aromatic carbocycles. The summed E-state index contributed by atoms with van der Waals surface area (Å²) in [5.74, 6) is 1.30. The van der Waals surface area contributed by atoms with E-state index in [-0.39, 0.29) is 45.1 Å². The van der Waals surface area contributed by atoms with Crippen LogP contribution >= 0.6 is 23.1 Å². The number of carbonyl (C=O) groups is 2. The molecule has 0 spiro atoms. The van der Waals surface area contributed by atoms with Crippen LogP contribution in [0.3, 0.4) is 0 Å². The Morgan fingerprint density at radius 3 is 1.71 bits per heavy atom. The van der Waals surface area contributed by atoms with Crippen molar-refractivity contribution in [3.05, 3.63) is 96.3 Å². The van der Waals surface area contributed by atoms with E-state index in [9.17, 15) is 30.8 Å². The minimum absolute atomic E-state index is 0.0675. The largest absolute Gasteiger partial charge is 0.457 e. The van der Waals surface area contributed by atoms with Crippen molar-refractivity contribution in [3.8, 4) is 11.5 Å². The SMILES string of the molecule is O=C1COCCN1CCc1nsc(NS(=O)(=O)c2ccc(Oc3ccccc3)cc2)n1.O=C1COCCN1CCc1nsc(NS(=O)(=O)c2cccc(F)c2)n1. The van der Waals surface area contributed by atoms with Gasteiger partial charge in [-0.15, -0.1) is 0 Å². The molecular weight excluding hydrogens is 812 g/mol. The average molecular weight is 847 g/mol. The van der Waals surface area contributed by atoms with Crippen molar-refractivity contribution in [2.24, 2.45) is 0 Å². The summed E-state index contributed by atoms with van der Waals surface area (Å²) in [5.41, 5.74) is 0. The third-order valence-electron chi connectivity index (χ3n) is 7.98. The van der Waals surface area contributed by atoms with Crippen LogP contribution in [0, 0.1) is 5.82 Å². The first-order valence-corrected chi connectivity index (χ1v) is 21.5. The van der Waals surface area contributed by atoms with Gasteiger partial charge in [0.15, 0.2) is 0 Å². The summed E-state index contributed by atoms with van der Waals surface area (Å²) in [6.45, 7) is 3.12. The van der Waals surface area contributed by atoms with Crippen LogP contribution in [0.5, 0.6) is 11.5 Å². The van der Waals surface area contributed by atoms with Crippen molar-refractivity contribution in [1.29, 1.82) is 0 Å². The van der Waals surface area contributed by atoms with E-state index >= 15 is 0 Å². The fourth-order valence-corrected chi connectivity index (χ4v) is 8.83. The normalized spacial score (nSPS) is 14.9. The third kappa shape index (κ3) is 11.5. The molecule has 0 atom stereocenters. The van der Waals surface area contributed by atoms with Crippen molar-refractivity contribution in [3.63, 3.8) is 0 Å². The summed E-state index contributed by atoms with van der Waals surface area (Å²) in [5, 5.41) is 0.264. The lowest BCUT2D eigenvalue weighted by molar-refractivity contribution is -0.143. The molecule has 4 heterocycles. The van der Waals surface area contributed by atoms with E-state index in [4.69, 9.17) is 14.2 Å². The smallest absolute Gasteiger partial charge is 0.263 e. The second kappa shape index (κ2) is 18.7. The van der Waals surface area contributed by atoms with Gasteiger partial charge in [0.1, 0.15) is 42.2 Å². The molecule has 2 saturated heterocycles. The zero-order chi connectivity index (χ0) is 39.5. The Morgan fingerprint density at radius 2 is 1.20 bits per heavy atom. The van der Waals surface area contributed by atoms with Crippen LogP contribution in [0.4, 0.5) is 14.7 Å². The number of ether oxygens (including phenoxy) is 3. The molecule has 2 amide bonds. The van der Waals surface area contributed by atoms with Crippen LogP contribution in [0.1, 0.15) is 11.6 Å². The number of para-hydroxylation sites is 1. The maximum atomic E-state index is 13.2. The highest BCUT2D eigenvalue weighted by molar-refractivity contribution is 7.93. The maximum Gasteiger partial charge on any atom is 0.263 e. The lowest BCUT2D eigenvalue weighted by Crippen LogP contribution is -2.42. The molecule has 0 saturated carbocycles. The number of sulfonamides is 2. The van der Waals surface area contributed by atoms with E-state index in [2.05, 4.69) is 28.2 Å². The Hall–Kier alpha value is -5.13. The van der Waals surface area contributed by atoms with Gasteiger partial charge in [0.2, 0.25) is 22.1 Å². The second-order valence-corrected chi connectivity index (χ2v) is 16.8. The number of hydrogen-bond acceptors (Lipinski definition) is 15. The molecule has 0 radical (unpaired) electrons. The number of halogens is 1. The van der Waals surface area contributed by atoms with Crippen LogP contribution in [0.2, 0.25) is 0 Å². The standard InChI is InChI=1S/C20H20N4O5S2.C14H15FN4O4S2/c25-19-14-28-13-12-24(19)11-10-18-21-20(30-22-18)23-31(26,27)17-8-6-16(7-9-17)29-15-4-2-1-3-5-15;15-10-2-1-3-11(8-10)25(21,22)18-14-16-12(17-24-14)4-5-19-6-7-23-9-13(19)20/h1-9H,10-14H2,(H,21,22,23);1-3,8H,4-7,9H2,(H,16,17,18). The summed E-state index contributed by atoms with van der Waals surface area (Å²) in [4.78, 5) is 35.0. The molecule has 2 N–H and O–H groups in total. The summed E-state index contributed by atoms with van der Waals surface area (Å²) < 4.78 is 91.7. The lowest BCUT2D eigenvalue weighted by atomic mass is 10.3. The van der Waals surface area contributed by atoms with Gasteiger partial charge < -0.3 is 24.0 Å². The van der Waals surface area contributed by atoms with Gasteiger partial charge in [0, 0.05) is 62.1 Å². The van der Waals surface area contributed by atoms with Crippen molar-refractivity contribution in [2.45, 2.75) is 22.6 Å². The van der Waals surface area contributed by atoms with E-state index in [0.29, 0.717) is 75.4 Å². The Morgan fingerprint density at radius 1 is 0.679 bits per heavy atom. The number of nitrogens with one attached hydrogen (secondary N) is 2. The van der Waals surface area contributed by atoms with Crippen LogP contribution in [0.25, 0.3) is 0 Å². The minimum Gasteiger partial charge on any atom is -0.457 e. The second-order valence-electron chi connectivity index (χ2n) is 12.0. The lowest BCUT2D eigenvalue weighted by Gasteiger charge is -2.26. The molecule has 0 bridgehead atoms. The first kappa shape index (κ1) is 40.5. The van der Waals surface area contributed by atoms with Crippen LogP contribution < -0.4 is 14.2 Å². The molecular formula is C34H35FN8O9S4. The molecule has 296 valence electrons. The van der Waals surface area contributed by atoms with Gasteiger partial charge in [0.25, 0.3) is 20.0 Å². The molecule has 0 aliphatic carbocycles. The van der Waals surface area contributed by atoms with Gasteiger partial charge in [-0.3, -0.25) is 19.0 Å². The minimum atomic E-state index is -3.93. The Labute approximate surface area is 329 Å². The quantitative estimate of drug-likeness (QED) is 0.164. The van der Waals surface area contributed by atoms with Crippen molar-refractivity contribution >= 4 is 65.2 Å². The van der Waals surface area contributed by atoms with Crippen molar-refractivity contribution < 1.29 is 45.0 Å². The first-order valence-electron chi connectivity index (χ1n) is 16.9. The average Bonchev–Trinajstić information content (AvgIpc) is 3.83. The molecule has 2 aromatic heterocycles. The number of morpholine rings is 2. The number of aromatic nitrogens is 4. The molecule has 2 fully saturated rings. The zero-order valence-corrected chi connectivity index (χ0v) is 32.7. The summed E-state index contributed by atoms with van der Waals surface area (Å²) in [6.07, 6.45) is 0.847. The first-order chi connectivity index (χ1) is 26.9. The third-order valence-corrected chi connectivity index (χ3v) is 12.3. The highest BCUT2D eigenvalue weighted by atomic mass is 32.2. The molecule has 22 heteroatoms. The molecule has 2 aliphatic heterocycles. The number of carbonyl (C=O) groups excluding carboxylic acids is 2.